The van der Waals surface area contributed by atoms with Crippen molar-refractivity contribution >= 4 is 11.2 Å². The summed E-state index contributed by atoms with van der Waals surface area (Å²) in [6.45, 7) is 0. The van der Waals surface area contributed by atoms with Gasteiger partial charge in [-0.15, -0.1) is 5.10 Å². The number of ether oxygens (including phenoxy) is 1. The summed E-state index contributed by atoms with van der Waals surface area (Å²) >= 11 is 0. The van der Waals surface area contributed by atoms with Crippen molar-refractivity contribution in [3.8, 4) is 11.8 Å². The van der Waals surface area contributed by atoms with E-state index in [2.05, 4.69) is 10.1 Å². The highest BCUT2D eigenvalue weighted by Crippen LogP contribution is 2.21. The molecule has 3 rings (SSSR count). The minimum atomic E-state index is -0.512. The van der Waals surface area contributed by atoms with Gasteiger partial charge in [0.1, 0.15) is 6.20 Å². The zero-order valence-corrected chi connectivity index (χ0v) is 9.63. The van der Waals surface area contributed by atoms with Crippen molar-refractivity contribution < 1.29 is 9.66 Å². The largest absolute Gasteiger partial charge is 0.419 e. The summed E-state index contributed by atoms with van der Waals surface area (Å²) in [5, 5.41) is 14.7. The van der Waals surface area contributed by atoms with E-state index in [9.17, 15) is 10.1 Å². The third kappa shape index (κ3) is 2.21. The van der Waals surface area contributed by atoms with Crippen molar-refractivity contribution in [3.05, 3.63) is 58.9 Å². The van der Waals surface area contributed by atoms with Crippen LogP contribution >= 0.6 is 0 Å². The topological polar surface area (TPSA) is 82.6 Å². The molecule has 3 heterocycles. The molecule has 0 atom stereocenters. The first-order valence-corrected chi connectivity index (χ1v) is 5.45. The van der Waals surface area contributed by atoms with Crippen LogP contribution in [0.3, 0.4) is 0 Å². The Morgan fingerprint density at radius 3 is 2.79 bits per heavy atom. The molecule has 0 aliphatic rings. The first-order chi connectivity index (χ1) is 9.22. The second-order valence-corrected chi connectivity index (χ2v) is 3.77. The Bertz CT molecular complexity index is 703. The molecule has 3 aromatic rings. The molecule has 0 N–H and O–H groups in total. The number of nitro groups is 1. The second kappa shape index (κ2) is 4.37. The Labute approximate surface area is 107 Å². The molecule has 0 spiro atoms. The van der Waals surface area contributed by atoms with Gasteiger partial charge in [-0.1, -0.05) is 6.07 Å². The lowest BCUT2D eigenvalue weighted by Gasteiger charge is -1.99. The lowest BCUT2D eigenvalue weighted by Crippen LogP contribution is -1.92. The summed E-state index contributed by atoms with van der Waals surface area (Å²) in [5.41, 5.74) is 0.807. The van der Waals surface area contributed by atoms with Gasteiger partial charge in [0.05, 0.1) is 10.4 Å². The van der Waals surface area contributed by atoms with Crippen molar-refractivity contribution in [1.82, 2.24) is 14.6 Å². The third-order valence-corrected chi connectivity index (χ3v) is 2.49. The van der Waals surface area contributed by atoms with Gasteiger partial charge in [-0.05, 0) is 12.1 Å². The molecule has 3 aromatic heterocycles. The minimum Gasteiger partial charge on any atom is -0.419 e. The summed E-state index contributed by atoms with van der Waals surface area (Å²) in [7, 11) is 0. The molecule has 0 aliphatic heterocycles. The molecule has 19 heavy (non-hydrogen) atoms. The van der Waals surface area contributed by atoms with Crippen LogP contribution in [-0.2, 0) is 0 Å². The second-order valence-electron chi connectivity index (χ2n) is 3.77. The average Bonchev–Trinajstić information content (AvgIpc) is 2.81. The van der Waals surface area contributed by atoms with E-state index in [-0.39, 0.29) is 11.6 Å². The maximum Gasteiger partial charge on any atom is 0.287 e. The van der Waals surface area contributed by atoms with Crippen LogP contribution < -0.4 is 4.74 Å². The Kier molecular flexibility index (Phi) is 2.57. The number of nitrogens with zero attached hydrogens (tertiary/aromatic N) is 4. The van der Waals surface area contributed by atoms with Gasteiger partial charge in [-0.2, -0.15) is 0 Å². The molecule has 0 fully saturated rings. The van der Waals surface area contributed by atoms with Crippen LogP contribution in [0.15, 0.2) is 48.8 Å². The van der Waals surface area contributed by atoms with E-state index in [1.807, 2.05) is 18.2 Å². The highest BCUT2D eigenvalue weighted by molar-refractivity contribution is 5.49. The smallest absolute Gasteiger partial charge is 0.287 e. The fourth-order valence-corrected chi connectivity index (χ4v) is 1.61. The van der Waals surface area contributed by atoms with Gasteiger partial charge in [0.25, 0.3) is 5.69 Å². The molecule has 0 amide bonds. The molecule has 0 aromatic carbocycles. The summed E-state index contributed by atoms with van der Waals surface area (Å²) < 4.78 is 7.10. The van der Waals surface area contributed by atoms with E-state index in [4.69, 9.17) is 4.74 Å². The Hall–Kier alpha value is -2.96. The van der Waals surface area contributed by atoms with E-state index in [0.29, 0.717) is 5.88 Å². The fourth-order valence-electron chi connectivity index (χ4n) is 1.61. The molecule has 0 saturated heterocycles. The zero-order valence-electron chi connectivity index (χ0n) is 9.63. The van der Waals surface area contributed by atoms with Gasteiger partial charge < -0.3 is 4.74 Å². The van der Waals surface area contributed by atoms with Gasteiger partial charge in [-0.25, -0.2) is 9.50 Å². The van der Waals surface area contributed by atoms with Crippen molar-refractivity contribution in [1.29, 1.82) is 0 Å². The predicted molar refractivity (Wildman–Crippen MR) is 66.2 cm³/mol. The monoisotopic (exact) mass is 256 g/mol. The van der Waals surface area contributed by atoms with Crippen LogP contribution in [0.25, 0.3) is 5.52 Å². The number of rotatable bonds is 3. The molecule has 94 valence electrons. The Balaban J connectivity index is 1.86. The molecular formula is C12H8N4O3. The van der Waals surface area contributed by atoms with Crippen molar-refractivity contribution in [3.63, 3.8) is 0 Å². The lowest BCUT2D eigenvalue weighted by molar-refractivity contribution is -0.385. The molecule has 0 aliphatic carbocycles. The van der Waals surface area contributed by atoms with E-state index in [0.717, 1.165) is 11.7 Å². The molecule has 7 heteroatoms. The summed E-state index contributed by atoms with van der Waals surface area (Å²) in [5.74, 6) is 0.640. The molecule has 7 nitrogen and oxygen atoms in total. The number of pyridine rings is 2. The lowest BCUT2D eigenvalue weighted by atomic mass is 10.4. The maximum atomic E-state index is 10.5. The van der Waals surface area contributed by atoms with Crippen LogP contribution in [-0.4, -0.2) is 19.5 Å². The third-order valence-electron chi connectivity index (χ3n) is 2.49. The number of hydrogen-bond acceptors (Lipinski definition) is 5. The van der Waals surface area contributed by atoms with Crippen molar-refractivity contribution in [2.45, 2.75) is 0 Å². The summed E-state index contributed by atoms with van der Waals surface area (Å²) in [6.07, 6.45) is 2.94. The van der Waals surface area contributed by atoms with Crippen LogP contribution in [0.4, 0.5) is 5.69 Å². The normalized spacial score (nSPS) is 10.5. The first-order valence-electron chi connectivity index (χ1n) is 5.45. The van der Waals surface area contributed by atoms with E-state index in [1.54, 1.807) is 16.8 Å². The van der Waals surface area contributed by atoms with Gasteiger partial charge in [-0.3, -0.25) is 10.1 Å². The number of fused-ring (bicyclic) bond motifs is 1. The first kappa shape index (κ1) is 11.1. The quantitative estimate of drug-likeness (QED) is 0.531. The molecule has 0 saturated carbocycles. The van der Waals surface area contributed by atoms with Crippen LogP contribution in [0, 0.1) is 10.1 Å². The van der Waals surface area contributed by atoms with Crippen molar-refractivity contribution in [2.24, 2.45) is 0 Å². The van der Waals surface area contributed by atoms with E-state index in [1.165, 1.54) is 12.1 Å². The van der Waals surface area contributed by atoms with Crippen LogP contribution in [0.1, 0.15) is 0 Å². The van der Waals surface area contributed by atoms with Crippen LogP contribution in [0.2, 0.25) is 0 Å². The number of aromatic nitrogens is 3. The minimum absolute atomic E-state index is 0.0812. The SMILES string of the molecule is O=[N+]([O-])c1ccc(Oc2cc3ccccn3n2)nc1. The standard InChI is InChI=1S/C12H8N4O3/c17-16(18)10-4-5-11(13-8-10)19-12-7-9-3-1-2-6-15(9)14-12/h1-8H. The molecular weight excluding hydrogens is 248 g/mol. The maximum absolute atomic E-state index is 10.5. The highest BCUT2D eigenvalue weighted by Gasteiger charge is 2.08. The van der Waals surface area contributed by atoms with Gasteiger partial charge >= 0.3 is 0 Å². The van der Waals surface area contributed by atoms with Gasteiger partial charge in [0, 0.05) is 24.4 Å². The van der Waals surface area contributed by atoms with Crippen LogP contribution in [0.5, 0.6) is 11.8 Å². The highest BCUT2D eigenvalue weighted by atomic mass is 16.6. The van der Waals surface area contributed by atoms with E-state index < -0.39 is 4.92 Å². The molecule has 0 radical (unpaired) electrons. The Morgan fingerprint density at radius 2 is 2.11 bits per heavy atom. The zero-order chi connectivity index (χ0) is 13.2. The molecule has 0 bridgehead atoms. The van der Waals surface area contributed by atoms with Gasteiger partial charge in [0.15, 0.2) is 0 Å². The summed E-state index contributed by atoms with van der Waals surface area (Å²) in [6, 6.07) is 10.2. The van der Waals surface area contributed by atoms with Gasteiger partial charge in [0.2, 0.25) is 11.8 Å². The Morgan fingerprint density at radius 1 is 1.21 bits per heavy atom. The van der Waals surface area contributed by atoms with E-state index >= 15 is 0 Å². The number of hydrogen-bond donors (Lipinski definition) is 0. The average molecular weight is 256 g/mol. The van der Waals surface area contributed by atoms with Crippen molar-refractivity contribution in [2.75, 3.05) is 0 Å². The molecule has 0 unspecified atom stereocenters. The summed E-state index contributed by atoms with van der Waals surface area (Å²) in [4.78, 5) is 13.8. The fraction of sp³-hybridized carbons (Fsp3) is 0. The predicted octanol–water partition coefficient (Wildman–Crippen LogP) is 2.43.